The van der Waals surface area contributed by atoms with Crippen LogP contribution in [-0.2, 0) is 6.18 Å². The highest BCUT2D eigenvalue weighted by Crippen LogP contribution is 2.45. The van der Waals surface area contributed by atoms with Gasteiger partial charge in [0.05, 0.1) is 17.0 Å². The van der Waals surface area contributed by atoms with Crippen LogP contribution < -0.4 is 5.32 Å². The molecule has 2 nitrogen and oxygen atoms in total. The lowest BCUT2D eigenvalue weighted by atomic mass is 10.1. The molecule has 17 heavy (non-hydrogen) atoms. The van der Waals surface area contributed by atoms with Crippen LogP contribution in [0, 0.1) is 16.7 Å². The molecule has 0 aliphatic heterocycles. The van der Waals surface area contributed by atoms with Crippen LogP contribution in [0.15, 0.2) is 24.3 Å². The molecule has 0 aromatic heterocycles. The Hall–Kier alpha value is -1.70. The molecule has 1 aliphatic rings. The van der Waals surface area contributed by atoms with E-state index in [0.717, 1.165) is 18.9 Å². The monoisotopic (exact) mass is 240 g/mol. The lowest BCUT2D eigenvalue weighted by molar-refractivity contribution is -0.136. The summed E-state index contributed by atoms with van der Waals surface area (Å²) in [6.07, 6.45) is -2.86. The molecule has 1 aliphatic carbocycles. The van der Waals surface area contributed by atoms with Crippen molar-refractivity contribution in [3.05, 3.63) is 29.8 Å². The minimum Gasteiger partial charge on any atom is -0.383 e. The van der Waals surface area contributed by atoms with Crippen LogP contribution in [-0.4, -0.2) is 6.54 Å². The van der Waals surface area contributed by atoms with Gasteiger partial charge >= 0.3 is 6.18 Å². The normalized spacial score (nSPS) is 17.3. The average molecular weight is 240 g/mol. The quantitative estimate of drug-likeness (QED) is 0.878. The molecule has 0 atom stereocenters. The van der Waals surface area contributed by atoms with Crippen molar-refractivity contribution in [2.75, 3.05) is 11.9 Å². The lowest BCUT2D eigenvalue weighted by Crippen LogP contribution is -2.17. The molecule has 1 aromatic carbocycles. The Morgan fingerprint density at radius 3 is 2.47 bits per heavy atom. The number of nitrogens with one attached hydrogen (secondary N) is 1. The van der Waals surface area contributed by atoms with E-state index < -0.39 is 17.2 Å². The molecule has 1 fully saturated rings. The van der Waals surface area contributed by atoms with E-state index in [9.17, 15) is 13.2 Å². The van der Waals surface area contributed by atoms with Crippen molar-refractivity contribution in [3.8, 4) is 6.07 Å². The van der Waals surface area contributed by atoms with Gasteiger partial charge < -0.3 is 5.32 Å². The SMILES string of the molecule is N#CC1(CNc2ccccc2C(F)(F)F)CC1. The summed E-state index contributed by atoms with van der Waals surface area (Å²) in [5.41, 5.74) is -1.10. The van der Waals surface area contributed by atoms with Crippen molar-refractivity contribution in [2.24, 2.45) is 5.41 Å². The second kappa shape index (κ2) is 3.95. The molecular weight excluding hydrogens is 229 g/mol. The van der Waals surface area contributed by atoms with E-state index in [1.807, 2.05) is 0 Å². The highest BCUT2D eigenvalue weighted by atomic mass is 19.4. The third kappa shape index (κ3) is 2.52. The first kappa shape index (κ1) is 11.8. The van der Waals surface area contributed by atoms with Crippen molar-refractivity contribution in [1.82, 2.24) is 0 Å². The Morgan fingerprint density at radius 1 is 1.29 bits per heavy atom. The number of hydrogen-bond acceptors (Lipinski definition) is 2. The zero-order chi connectivity index (χ0) is 12.5. The summed E-state index contributed by atoms with van der Waals surface area (Å²) >= 11 is 0. The van der Waals surface area contributed by atoms with Crippen molar-refractivity contribution < 1.29 is 13.2 Å². The molecule has 0 unspecified atom stereocenters. The van der Waals surface area contributed by atoms with E-state index in [1.165, 1.54) is 12.1 Å². The first-order valence-corrected chi connectivity index (χ1v) is 5.28. The third-order valence-electron chi connectivity index (χ3n) is 2.94. The molecule has 0 heterocycles. The minimum atomic E-state index is -4.37. The van der Waals surface area contributed by atoms with E-state index in [-0.39, 0.29) is 12.2 Å². The standard InChI is InChI=1S/C12H11F3N2/c13-12(14,15)9-3-1-2-4-10(9)17-8-11(7-16)5-6-11/h1-4,17H,5-6,8H2. The molecule has 0 bridgehead atoms. The maximum atomic E-state index is 12.7. The molecule has 0 amide bonds. The fraction of sp³-hybridized carbons (Fsp3) is 0.417. The van der Waals surface area contributed by atoms with Gasteiger partial charge in [0.15, 0.2) is 0 Å². The first-order valence-electron chi connectivity index (χ1n) is 5.28. The van der Waals surface area contributed by atoms with Crippen LogP contribution in [0.1, 0.15) is 18.4 Å². The molecule has 0 spiro atoms. The number of para-hydroxylation sites is 1. The zero-order valence-electron chi connectivity index (χ0n) is 9.01. The third-order valence-corrected chi connectivity index (χ3v) is 2.94. The second-order valence-electron chi connectivity index (χ2n) is 4.29. The van der Waals surface area contributed by atoms with Gasteiger partial charge in [0.2, 0.25) is 0 Å². The second-order valence-corrected chi connectivity index (χ2v) is 4.29. The highest BCUT2D eigenvalue weighted by Gasteiger charge is 2.43. The molecule has 0 saturated heterocycles. The van der Waals surface area contributed by atoms with Gasteiger partial charge in [-0.15, -0.1) is 0 Å². The van der Waals surface area contributed by atoms with Gasteiger partial charge in [-0.3, -0.25) is 0 Å². The fourth-order valence-corrected chi connectivity index (χ4v) is 1.63. The van der Waals surface area contributed by atoms with Gasteiger partial charge in [0.25, 0.3) is 0 Å². The van der Waals surface area contributed by atoms with Gasteiger partial charge in [0.1, 0.15) is 0 Å². The van der Waals surface area contributed by atoms with E-state index in [2.05, 4.69) is 11.4 Å². The molecule has 0 radical (unpaired) electrons. The van der Waals surface area contributed by atoms with Crippen LogP contribution in [0.4, 0.5) is 18.9 Å². The molecule has 1 N–H and O–H groups in total. The van der Waals surface area contributed by atoms with Crippen molar-refractivity contribution >= 4 is 5.69 Å². The number of halogens is 3. The largest absolute Gasteiger partial charge is 0.418 e. The van der Waals surface area contributed by atoms with E-state index >= 15 is 0 Å². The summed E-state index contributed by atoms with van der Waals surface area (Å²) in [6.45, 7) is 0.274. The number of alkyl halides is 3. The van der Waals surface area contributed by atoms with Gasteiger partial charge in [-0.2, -0.15) is 18.4 Å². The number of rotatable bonds is 3. The van der Waals surface area contributed by atoms with Crippen LogP contribution in [0.5, 0.6) is 0 Å². The Labute approximate surface area is 97.1 Å². The summed E-state index contributed by atoms with van der Waals surface area (Å²) in [4.78, 5) is 0. The van der Waals surface area contributed by atoms with Crippen LogP contribution in [0.3, 0.4) is 0 Å². The van der Waals surface area contributed by atoms with Crippen LogP contribution >= 0.6 is 0 Å². The smallest absolute Gasteiger partial charge is 0.383 e. The fourth-order valence-electron chi connectivity index (χ4n) is 1.63. The Balaban J connectivity index is 2.14. The first-order chi connectivity index (χ1) is 7.97. The van der Waals surface area contributed by atoms with Crippen molar-refractivity contribution in [1.29, 1.82) is 5.26 Å². The predicted octanol–water partition coefficient (Wildman–Crippen LogP) is 3.42. The maximum Gasteiger partial charge on any atom is 0.418 e. The van der Waals surface area contributed by atoms with E-state index in [0.29, 0.717) is 0 Å². The predicted molar refractivity (Wildman–Crippen MR) is 57.2 cm³/mol. The molecule has 90 valence electrons. The minimum absolute atomic E-state index is 0.0431. The number of hydrogen-bond donors (Lipinski definition) is 1. The zero-order valence-corrected chi connectivity index (χ0v) is 9.01. The van der Waals surface area contributed by atoms with Gasteiger partial charge in [-0.1, -0.05) is 12.1 Å². The van der Waals surface area contributed by atoms with Gasteiger partial charge in [-0.25, -0.2) is 0 Å². The summed E-state index contributed by atoms with van der Waals surface area (Å²) in [5, 5.41) is 11.6. The summed E-state index contributed by atoms with van der Waals surface area (Å²) < 4.78 is 38.0. The molecule has 2 rings (SSSR count). The molecule has 1 saturated carbocycles. The summed E-state index contributed by atoms with van der Waals surface area (Å²) in [6, 6.07) is 7.46. The Morgan fingerprint density at radius 2 is 1.94 bits per heavy atom. The summed E-state index contributed by atoms with van der Waals surface area (Å²) in [7, 11) is 0. The molecule has 1 aromatic rings. The van der Waals surface area contributed by atoms with Crippen molar-refractivity contribution in [2.45, 2.75) is 19.0 Å². The highest BCUT2D eigenvalue weighted by molar-refractivity contribution is 5.53. The van der Waals surface area contributed by atoms with Gasteiger partial charge in [-0.05, 0) is 25.0 Å². The number of benzene rings is 1. The van der Waals surface area contributed by atoms with Crippen LogP contribution in [0.2, 0.25) is 0 Å². The molecular formula is C12H11F3N2. The van der Waals surface area contributed by atoms with Gasteiger partial charge in [0, 0.05) is 12.2 Å². The number of nitriles is 1. The lowest BCUT2D eigenvalue weighted by Gasteiger charge is -2.15. The van der Waals surface area contributed by atoms with E-state index in [4.69, 9.17) is 5.26 Å². The molecule has 5 heteroatoms. The summed E-state index contributed by atoms with van der Waals surface area (Å²) in [5.74, 6) is 0. The average Bonchev–Trinajstić information content (AvgIpc) is 3.06. The topological polar surface area (TPSA) is 35.8 Å². The number of nitrogens with zero attached hydrogens (tertiary/aromatic N) is 1. The number of anilines is 1. The maximum absolute atomic E-state index is 12.7. The Kier molecular flexibility index (Phi) is 2.74. The Bertz CT molecular complexity index is 456. The van der Waals surface area contributed by atoms with Crippen molar-refractivity contribution in [3.63, 3.8) is 0 Å². The van der Waals surface area contributed by atoms with E-state index in [1.54, 1.807) is 6.07 Å². The van der Waals surface area contributed by atoms with Crippen LogP contribution in [0.25, 0.3) is 0 Å².